The van der Waals surface area contributed by atoms with Crippen molar-refractivity contribution in [2.75, 3.05) is 26.2 Å². The lowest BCUT2D eigenvalue weighted by molar-refractivity contribution is 0.151. The lowest BCUT2D eigenvalue weighted by atomic mass is 9.68. The third kappa shape index (κ3) is 3.36. The lowest BCUT2D eigenvalue weighted by Crippen LogP contribution is -2.42. The Morgan fingerprint density at radius 1 is 1.47 bits per heavy atom. The van der Waals surface area contributed by atoms with Gasteiger partial charge in [0, 0.05) is 19.6 Å². The second-order valence-electron chi connectivity index (χ2n) is 5.01. The van der Waals surface area contributed by atoms with E-state index in [1.54, 1.807) is 0 Å². The molecule has 0 aromatic rings. The molecule has 98 valence electrons. The first kappa shape index (κ1) is 14.8. The molecule has 1 N–H and O–H groups in total. The molecule has 3 nitrogen and oxygen atoms in total. The van der Waals surface area contributed by atoms with Crippen LogP contribution in [-0.4, -0.2) is 37.0 Å². The maximum Gasteiger partial charge on any atom is 0.194 e. The van der Waals surface area contributed by atoms with Crippen LogP contribution in [-0.2, 0) is 0 Å². The van der Waals surface area contributed by atoms with Gasteiger partial charge in [0.1, 0.15) is 0 Å². The van der Waals surface area contributed by atoms with Gasteiger partial charge in [-0.25, -0.2) is 4.99 Å². The topological polar surface area (TPSA) is 27.6 Å². The van der Waals surface area contributed by atoms with Gasteiger partial charge in [-0.2, -0.15) is 0 Å². The van der Waals surface area contributed by atoms with E-state index >= 15 is 0 Å². The van der Waals surface area contributed by atoms with Crippen LogP contribution in [0.15, 0.2) is 17.6 Å². The minimum atomic E-state index is 0. The maximum atomic E-state index is 4.55. The molecule has 0 atom stereocenters. The average molecular weight is 349 g/mol. The number of nitrogens with zero attached hydrogens (tertiary/aromatic N) is 2. The molecular formula is C13H24IN3. The normalized spacial score (nSPS) is 21.9. The first-order valence-electron chi connectivity index (χ1n) is 6.44. The van der Waals surface area contributed by atoms with E-state index in [-0.39, 0.29) is 24.0 Å². The van der Waals surface area contributed by atoms with E-state index in [9.17, 15) is 0 Å². The maximum absolute atomic E-state index is 4.55. The fourth-order valence-electron chi connectivity index (χ4n) is 2.78. The number of likely N-dealkylation sites (tertiary alicyclic amines) is 1. The van der Waals surface area contributed by atoms with Crippen molar-refractivity contribution >= 4 is 29.9 Å². The van der Waals surface area contributed by atoms with Crippen LogP contribution < -0.4 is 5.32 Å². The summed E-state index contributed by atoms with van der Waals surface area (Å²) in [4.78, 5) is 6.97. The van der Waals surface area contributed by atoms with E-state index in [4.69, 9.17) is 0 Å². The molecule has 1 heterocycles. The van der Waals surface area contributed by atoms with Gasteiger partial charge in [-0.3, -0.25) is 0 Å². The molecule has 0 unspecified atom stereocenters. The quantitative estimate of drug-likeness (QED) is 0.367. The summed E-state index contributed by atoms with van der Waals surface area (Å²) in [6, 6.07) is 0. The van der Waals surface area contributed by atoms with Crippen molar-refractivity contribution in [1.29, 1.82) is 0 Å². The summed E-state index contributed by atoms with van der Waals surface area (Å²) in [5.41, 5.74) is 0.643. The SMILES string of the molecule is C=CCN=C(NCC)N1CCC2(CCC2)C1.I. The molecule has 2 rings (SSSR count). The van der Waals surface area contributed by atoms with Crippen LogP contribution in [0, 0.1) is 5.41 Å². The van der Waals surface area contributed by atoms with E-state index in [0.29, 0.717) is 12.0 Å². The van der Waals surface area contributed by atoms with Crippen LogP contribution in [0.5, 0.6) is 0 Å². The third-order valence-electron chi connectivity index (χ3n) is 3.86. The molecule has 0 amide bonds. The molecule has 0 aromatic heterocycles. The average Bonchev–Trinajstić information content (AvgIpc) is 2.69. The van der Waals surface area contributed by atoms with Crippen molar-refractivity contribution in [2.45, 2.75) is 32.6 Å². The van der Waals surface area contributed by atoms with Crippen LogP contribution in [0.3, 0.4) is 0 Å². The summed E-state index contributed by atoms with van der Waals surface area (Å²) in [6.45, 7) is 9.88. The zero-order valence-electron chi connectivity index (χ0n) is 10.7. The molecule has 1 spiro atoms. The van der Waals surface area contributed by atoms with E-state index in [1.807, 2.05) is 6.08 Å². The summed E-state index contributed by atoms with van der Waals surface area (Å²) >= 11 is 0. The molecule has 2 aliphatic rings. The minimum Gasteiger partial charge on any atom is -0.357 e. The molecule has 1 aliphatic heterocycles. The summed E-state index contributed by atoms with van der Waals surface area (Å²) in [5, 5.41) is 3.37. The highest BCUT2D eigenvalue weighted by atomic mass is 127. The summed E-state index contributed by atoms with van der Waals surface area (Å²) in [5.74, 6) is 1.08. The fourth-order valence-corrected chi connectivity index (χ4v) is 2.78. The number of aliphatic imine (C=N–C) groups is 1. The number of halogens is 1. The predicted octanol–water partition coefficient (Wildman–Crippen LogP) is 2.63. The van der Waals surface area contributed by atoms with Crippen LogP contribution >= 0.6 is 24.0 Å². The van der Waals surface area contributed by atoms with Crippen molar-refractivity contribution in [2.24, 2.45) is 10.4 Å². The van der Waals surface area contributed by atoms with Gasteiger partial charge in [-0.05, 0) is 31.6 Å². The van der Waals surface area contributed by atoms with Gasteiger partial charge in [0.25, 0.3) is 0 Å². The Hall–Kier alpha value is -0.260. The van der Waals surface area contributed by atoms with Crippen LogP contribution in [0.1, 0.15) is 32.6 Å². The molecule has 17 heavy (non-hydrogen) atoms. The predicted molar refractivity (Wildman–Crippen MR) is 84.1 cm³/mol. The van der Waals surface area contributed by atoms with Gasteiger partial charge in [-0.1, -0.05) is 12.5 Å². The van der Waals surface area contributed by atoms with Gasteiger partial charge in [0.15, 0.2) is 5.96 Å². The van der Waals surface area contributed by atoms with E-state index in [1.165, 1.54) is 38.8 Å². The van der Waals surface area contributed by atoms with E-state index in [2.05, 4.69) is 28.7 Å². The molecule has 0 bridgehead atoms. The van der Waals surface area contributed by atoms with Crippen molar-refractivity contribution in [3.63, 3.8) is 0 Å². The number of rotatable bonds is 3. The monoisotopic (exact) mass is 349 g/mol. The number of hydrogen-bond acceptors (Lipinski definition) is 1. The Balaban J connectivity index is 0.00000144. The highest BCUT2D eigenvalue weighted by Crippen LogP contribution is 2.47. The van der Waals surface area contributed by atoms with Gasteiger partial charge in [0.05, 0.1) is 6.54 Å². The molecule has 1 saturated carbocycles. The molecular weight excluding hydrogens is 325 g/mol. The summed E-state index contributed by atoms with van der Waals surface area (Å²) in [7, 11) is 0. The van der Waals surface area contributed by atoms with E-state index < -0.39 is 0 Å². The van der Waals surface area contributed by atoms with E-state index in [0.717, 1.165) is 12.5 Å². The van der Waals surface area contributed by atoms with Gasteiger partial charge < -0.3 is 10.2 Å². The van der Waals surface area contributed by atoms with Crippen molar-refractivity contribution < 1.29 is 0 Å². The minimum absolute atomic E-state index is 0. The Morgan fingerprint density at radius 3 is 2.71 bits per heavy atom. The first-order valence-corrected chi connectivity index (χ1v) is 6.44. The summed E-state index contributed by atoms with van der Waals surface area (Å²) in [6.07, 6.45) is 7.47. The molecule has 0 radical (unpaired) electrons. The Kier molecular flexibility index (Phi) is 5.76. The second kappa shape index (κ2) is 6.61. The molecule has 1 aliphatic carbocycles. The molecule has 0 aromatic carbocycles. The van der Waals surface area contributed by atoms with Crippen LogP contribution in [0.25, 0.3) is 0 Å². The van der Waals surface area contributed by atoms with Crippen LogP contribution in [0.2, 0.25) is 0 Å². The smallest absolute Gasteiger partial charge is 0.194 e. The third-order valence-corrected chi connectivity index (χ3v) is 3.86. The van der Waals surface area contributed by atoms with Gasteiger partial charge >= 0.3 is 0 Å². The number of nitrogens with one attached hydrogen (secondary N) is 1. The van der Waals surface area contributed by atoms with Gasteiger partial charge in [-0.15, -0.1) is 30.6 Å². The second-order valence-corrected chi connectivity index (χ2v) is 5.01. The van der Waals surface area contributed by atoms with Gasteiger partial charge in [0.2, 0.25) is 0 Å². The zero-order chi connectivity index (χ0) is 11.4. The standard InChI is InChI=1S/C13H23N3.HI/c1-3-9-15-12(14-4-2)16-10-8-13(11-16)6-5-7-13;/h3H,1,4-11H2,2H3,(H,14,15);1H. The zero-order valence-corrected chi connectivity index (χ0v) is 13.1. The molecule has 4 heteroatoms. The van der Waals surface area contributed by atoms with Crippen molar-refractivity contribution in [1.82, 2.24) is 10.2 Å². The molecule has 2 fully saturated rings. The number of guanidine groups is 1. The highest BCUT2D eigenvalue weighted by Gasteiger charge is 2.43. The van der Waals surface area contributed by atoms with Crippen LogP contribution in [0.4, 0.5) is 0 Å². The van der Waals surface area contributed by atoms with Crippen molar-refractivity contribution in [3.05, 3.63) is 12.7 Å². The van der Waals surface area contributed by atoms with Crippen molar-refractivity contribution in [3.8, 4) is 0 Å². The lowest BCUT2D eigenvalue weighted by Gasteiger charge is -2.38. The molecule has 1 saturated heterocycles. The Morgan fingerprint density at radius 2 is 2.24 bits per heavy atom. The summed E-state index contributed by atoms with van der Waals surface area (Å²) < 4.78 is 0. The highest BCUT2D eigenvalue weighted by molar-refractivity contribution is 14.0. The first-order chi connectivity index (χ1) is 7.79. The Bertz CT molecular complexity index is 284. The number of hydrogen-bond donors (Lipinski definition) is 1. The largest absolute Gasteiger partial charge is 0.357 e. The fraction of sp³-hybridized carbons (Fsp3) is 0.769. The Labute approximate surface area is 122 Å².